The van der Waals surface area contributed by atoms with Crippen LogP contribution in [0.4, 0.5) is 39.8 Å². The number of alkyl halides is 3. The number of amides is 1. The van der Waals surface area contributed by atoms with Crippen molar-refractivity contribution in [1.29, 1.82) is 0 Å². The molecule has 15 nitrogen and oxygen atoms in total. The van der Waals surface area contributed by atoms with E-state index in [0.717, 1.165) is 38.3 Å². The Morgan fingerprint density at radius 2 is 1.88 bits per heavy atom. The summed E-state index contributed by atoms with van der Waals surface area (Å²) in [6.45, 7) is 6.34. The molecule has 3 unspecified atom stereocenters. The Hall–Kier alpha value is -5.30. The van der Waals surface area contributed by atoms with Gasteiger partial charge in [-0.15, -0.1) is 0 Å². The van der Waals surface area contributed by atoms with Crippen molar-refractivity contribution >= 4 is 34.4 Å². The minimum Gasteiger partial charge on any atom is -0.475 e. The van der Waals surface area contributed by atoms with Gasteiger partial charge in [-0.25, -0.2) is 24.1 Å². The van der Waals surface area contributed by atoms with E-state index in [4.69, 9.17) is 35.4 Å². The smallest absolute Gasteiger partial charge is 0.418 e. The molecule has 0 aromatic carbocycles. The van der Waals surface area contributed by atoms with Gasteiger partial charge in [-0.1, -0.05) is 6.07 Å². The number of anilines is 3. The van der Waals surface area contributed by atoms with E-state index < -0.39 is 40.5 Å². The van der Waals surface area contributed by atoms with Crippen LogP contribution in [0.15, 0.2) is 24.4 Å². The van der Waals surface area contributed by atoms with Crippen molar-refractivity contribution in [3.8, 4) is 23.3 Å². The first-order valence-electron chi connectivity index (χ1n) is 18.6. The van der Waals surface area contributed by atoms with Crippen LogP contribution in [0.5, 0.6) is 11.9 Å². The average Bonchev–Trinajstić information content (AvgIpc) is 3.68. The van der Waals surface area contributed by atoms with Crippen molar-refractivity contribution in [2.45, 2.75) is 63.3 Å². The highest BCUT2D eigenvalue weighted by Crippen LogP contribution is 2.46. The van der Waals surface area contributed by atoms with Gasteiger partial charge in [0.15, 0.2) is 5.82 Å². The van der Waals surface area contributed by atoms with Crippen LogP contribution in [0.2, 0.25) is 0 Å². The molecule has 3 atom stereocenters. The molecule has 8 rings (SSSR count). The second-order valence-electron chi connectivity index (χ2n) is 14.6. The van der Waals surface area contributed by atoms with Crippen molar-refractivity contribution in [2.75, 3.05) is 75.6 Å². The molecule has 4 aliphatic rings. The van der Waals surface area contributed by atoms with Crippen molar-refractivity contribution in [2.24, 2.45) is 0 Å². The summed E-state index contributed by atoms with van der Waals surface area (Å²) in [6.07, 6.45) is -0.517. The van der Waals surface area contributed by atoms with Gasteiger partial charge in [0.25, 0.3) is 0 Å². The van der Waals surface area contributed by atoms with E-state index in [1.54, 1.807) is 17.2 Å². The summed E-state index contributed by atoms with van der Waals surface area (Å²) in [5, 5.41) is 0.0447. The van der Waals surface area contributed by atoms with E-state index in [1.165, 1.54) is 6.92 Å². The van der Waals surface area contributed by atoms with Crippen molar-refractivity contribution in [3.63, 3.8) is 0 Å². The highest BCUT2D eigenvalue weighted by Gasteiger charge is 2.50. The van der Waals surface area contributed by atoms with E-state index in [-0.39, 0.29) is 84.3 Å². The van der Waals surface area contributed by atoms with Crippen LogP contribution in [0.25, 0.3) is 22.3 Å². The van der Waals surface area contributed by atoms with Crippen LogP contribution < -0.4 is 25.8 Å². The molecule has 4 aromatic heterocycles. The van der Waals surface area contributed by atoms with Gasteiger partial charge in [0.05, 0.1) is 36.9 Å². The number of aromatic nitrogens is 5. The second-order valence-corrected chi connectivity index (χ2v) is 14.6. The predicted molar refractivity (Wildman–Crippen MR) is 196 cm³/mol. The van der Waals surface area contributed by atoms with E-state index in [1.807, 2.05) is 17.9 Å². The summed E-state index contributed by atoms with van der Waals surface area (Å²) in [7, 11) is 0. The molecule has 0 spiro atoms. The highest BCUT2D eigenvalue weighted by atomic mass is 19.4. The van der Waals surface area contributed by atoms with Crippen molar-refractivity contribution < 1.29 is 41.3 Å². The number of carbonyl (C=O) groups is 1. The number of pyridine rings is 3. The maximum Gasteiger partial charge on any atom is 0.418 e. The number of halogens is 4. The normalized spacial score (nSPS) is 21.8. The zero-order chi connectivity index (χ0) is 39.4. The molecular formula is C37H42F4N10O5. The summed E-state index contributed by atoms with van der Waals surface area (Å²) in [5.41, 5.74) is 9.10. The van der Waals surface area contributed by atoms with Gasteiger partial charge in [-0.2, -0.15) is 23.1 Å². The average molecular weight is 783 g/mol. The van der Waals surface area contributed by atoms with Gasteiger partial charge >= 0.3 is 18.3 Å². The van der Waals surface area contributed by atoms with Gasteiger partial charge in [0, 0.05) is 30.9 Å². The van der Waals surface area contributed by atoms with Gasteiger partial charge in [-0.3, -0.25) is 4.90 Å². The molecule has 8 heterocycles. The van der Waals surface area contributed by atoms with E-state index in [2.05, 4.69) is 24.8 Å². The molecule has 3 saturated heterocycles. The summed E-state index contributed by atoms with van der Waals surface area (Å²) in [5.74, 6) is -1.12. The molecule has 19 heteroatoms. The first-order chi connectivity index (χ1) is 26.8. The standard InChI is InChI=1S/C37H42F4N10O5/c1-20-17-24(42)45-29(26(20)37(39,40)41)30-27(38)28-25-32(50(13-16-54-33(25)46-30)21(2)23-5-3-9-44-31(23)43)48-34(47-28)56-19-36-7-4-10-51(36)22(6-8-36)18-55-35(52)49-11-14-53-15-12-49/h3,5,9,17,21-22H,4,6-8,10-16,18-19H2,1-2H3,(H2,42,45)(H2,43,44). The van der Waals surface area contributed by atoms with E-state index in [0.29, 0.717) is 31.9 Å². The van der Waals surface area contributed by atoms with Gasteiger partial charge in [0.1, 0.15) is 59.6 Å². The number of hydrogen-bond acceptors (Lipinski definition) is 14. The molecule has 4 N–H and O–H groups in total. The second kappa shape index (κ2) is 14.6. The lowest BCUT2D eigenvalue weighted by molar-refractivity contribution is -0.137. The number of fused-ring (bicyclic) bond motifs is 1. The minimum atomic E-state index is -4.91. The van der Waals surface area contributed by atoms with Gasteiger partial charge < -0.3 is 40.2 Å². The maximum absolute atomic E-state index is 17.0. The molecule has 298 valence electrons. The molecule has 0 bridgehead atoms. The number of morpholine rings is 1. The van der Waals surface area contributed by atoms with Crippen LogP contribution in [0.3, 0.4) is 0 Å². The third kappa shape index (κ3) is 6.79. The van der Waals surface area contributed by atoms with Crippen molar-refractivity contribution in [3.05, 3.63) is 46.9 Å². The first-order valence-corrected chi connectivity index (χ1v) is 18.6. The minimum absolute atomic E-state index is 0.00924. The Bertz CT molecular complexity index is 2160. The molecule has 0 saturated carbocycles. The van der Waals surface area contributed by atoms with Crippen LogP contribution >= 0.6 is 0 Å². The maximum atomic E-state index is 17.0. The lowest BCUT2D eigenvalue weighted by Crippen LogP contribution is -2.48. The number of carbonyl (C=O) groups excluding carboxylic acids is 1. The Kier molecular flexibility index (Phi) is 9.84. The molecule has 0 radical (unpaired) electrons. The van der Waals surface area contributed by atoms with Gasteiger partial charge in [-0.05, 0) is 63.8 Å². The number of hydrogen-bond donors (Lipinski definition) is 2. The SMILES string of the molecule is Cc1cc(N)nc(-c2nc3c4c(nc(OCC56CCCN5C(COC(=O)N5CCOCC5)CC6)nc4c2F)N(C(C)c2cccnc2N)CCO3)c1C(F)(F)F. The number of nitrogens with zero attached hydrogens (tertiary/aromatic N) is 8. The zero-order valence-electron chi connectivity index (χ0n) is 30.9. The van der Waals surface area contributed by atoms with Crippen LogP contribution in [-0.4, -0.2) is 112 Å². The molecule has 4 aromatic rings. The third-order valence-corrected chi connectivity index (χ3v) is 11.3. The number of ether oxygens (including phenoxy) is 4. The number of rotatable bonds is 8. The summed E-state index contributed by atoms with van der Waals surface area (Å²) < 4.78 is 83.9. The third-order valence-electron chi connectivity index (χ3n) is 11.3. The fourth-order valence-corrected chi connectivity index (χ4v) is 8.53. The summed E-state index contributed by atoms with van der Waals surface area (Å²) in [4.78, 5) is 40.3. The summed E-state index contributed by atoms with van der Waals surface area (Å²) >= 11 is 0. The topological polar surface area (TPSA) is 180 Å². The largest absolute Gasteiger partial charge is 0.475 e. The van der Waals surface area contributed by atoms with Gasteiger partial charge in [0.2, 0.25) is 5.88 Å². The fourth-order valence-electron chi connectivity index (χ4n) is 8.53. The number of nitrogen functional groups attached to an aromatic ring is 2. The molecule has 3 fully saturated rings. The fraction of sp³-hybridized carbons (Fsp3) is 0.514. The molecule has 56 heavy (non-hydrogen) atoms. The Morgan fingerprint density at radius 1 is 1.07 bits per heavy atom. The Labute approximate surface area is 319 Å². The van der Waals surface area contributed by atoms with E-state index >= 15 is 4.39 Å². The summed E-state index contributed by atoms with van der Waals surface area (Å²) in [6, 6.07) is 3.93. The molecule has 4 aliphatic heterocycles. The number of nitrogens with two attached hydrogens (primary N) is 2. The highest BCUT2D eigenvalue weighted by molar-refractivity contribution is 5.97. The monoisotopic (exact) mass is 782 g/mol. The molecule has 0 aliphatic carbocycles. The first kappa shape index (κ1) is 37.6. The molecular weight excluding hydrogens is 740 g/mol. The zero-order valence-corrected chi connectivity index (χ0v) is 30.9. The lowest BCUT2D eigenvalue weighted by Gasteiger charge is -2.35. The predicted octanol–water partition coefficient (Wildman–Crippen LogP) is 4.92. The van der Waals surface area contributed by atoms with Crippen LogP contribution in [0.1, 0.15) is 55.3 Å². The number of aryl methyl sites for hydroxylation is 1. The Balaban J connectivity index is 1.18. The van der Waals surface area contributed by atoms with Crippen LogP contribution in [-0.2, 0) is 15.7 Å². The molecule has 1 amide bonds. The van der Waals surface area contributed by atoms with Crippen LogP contribution in [0, 0.1) is 12.7 Å². The Morgan fingerprint density at radius 3 is 2.64 bits per heavy atom. The van der Waals surface area contributed by atoms with E-state index in [9.17, 15) is 18.0 Å². The van der Waals surface area contributed by atoms with Crippen molar-refractivity contribution in [1.82, 2.24) is 34.7 Å². The lowest BCUT2D eigenvalue weighted by atomic mass is 9.95. The quantitative estimate of drug-likeness (QED) is 0.230.